The standard InChI is InChI=1S/C16H22N2O3/c1-12(11-16(20)21)10-15(19)17-13-4-6-14(7-5-13)18-8-2-3-9-18/h4-7,12H,2-3,8-11H2,1H3,(H,17,19)(H,20,21). The predicted molar refractivity (Wildman–Crippen MR) is 82.6 cm³/mol. The first kappa shape index (κ1) is 15.4. The SMILES string of the molecule is CC(CC(=O)O)CC(=O)Nc1ccc(N2CCCC2)cc1. The Labute approximate surface area is 125 Å². The van der Waals surface area contributed by atoms with Gasteiger partial charge < -0.3 is 15.3 Å². The quantitative estimate of drug-likeness (QED) is 0.845. The number of carbonyl (C=O) groups excluding carboxylic acids is 1. The van der Waals surface area contributed by atoms with Crippen LogP contribution in [-0.4, -0.2) is 30.1 Å². The third kappa shape index (κ3) is 4.77. The van der Waals surface area contributed by atoms with E-state index in [1.807, 2.05) is 24.3 Å². The Morgan fingerprint density at radius 2 is 1.81 bits per heavy atom. The summed E-state index contributed by atoms with van der Waals surface area (Å²) in [5.74, 6) is -1.17. The molecule has 1 saturated heterocycles. The first-order valence-corrected chi connectivity index (χ1v) is 7.41. The van der Waals surface area contributed by atoms with Crippen LogP contribution in [-0.2, 0) is 9.59 Å². The molecule has 1 aromatic carbocycles. The van der Waals surface area contributed by atoms with Crippen molar-refractivity contribution in [3.8, 4) is 0 Å². The minimum absolute atomic E-state index is 0.0152. The molecule has 2 rings (SSSR count). The zero-order valence-electron chi connectivity index (χ0n) is 12.3. The first-order valence-electron chi connectivity index (χ1n) is 7.41. The number of carboxylic acids is 1. The summed E-state index contributed by atoms with van der Waals surface area (Å²) in [6.45, 7) is 3.96. The number of nitrogens with one attached hydrogen (secondary N) is 1. The Balaban J connectivity index is 1.84. The maximum absolute atomic E-state index is 11.8. The molecule has 1 aromatic rings. The van der Waals surface area contributed by atoms with Crippen LogP contribution in [0.25, 0.3) is 0 Å². The van der Waals surface area contributed by atoms with Crippen molar-refractivity contribution in [1.29, 1.82) is 0 Å². The van der Waals surface area contributed by atoms with E-state index in [9.17, 15) is 9.59 Å². The Kier molecular flexibility index (Phi) is 5.20. The summed E-state index contributed by atoms with van der Waals surface area (Å²) in [5, 5.41) is 11.5. The van der Waals surface area contributed by atoms with Crippen molar-refractivity contribution in [3.05, 3.63) is 24.3 Å². The molecule has 114 valence electrons. The van der Waals surface area contributed by atoms with Crippen LogP contribution in [0.15, 0.2) is 24.3 Å². The molecule has 1 atom stereocenters. The van der Waals surface area contributed by atoms with Gasteiger partial charge in [0.25, 0.3) is 0 Å². The number of anilines is 2. The summed E-state index contributed by atoms with van der Waals surface area (Å²) in [6, 6.07) is 7.82. The molecule has 5 heteroatoms. The Morgan fingerprint density at radius 1 is 1.19 bits per heavy atom. The Morgan fingerprint density at radius 3 is 2.38 bits per heavy atom. The van der Waals surface area contributed by atoms with Crippen LogP contribution < -0.4 is 10.2 Å². The van der Waals surface area contributed by atoms with E-state index in [0.717, 1.165) is 18.8 Å². The lowest BCUT2D eigenvalue weighted by atomic mass is 10.0. The smallest absolute Gasteiger partial charge is 0.303 e. The van der Waals surface area contributed by atoms with Gasteiger partial charge in [0.1, 0.15) is 0 Å². The van der Waals surface area contributed by atoms with E-state index in [4.69, 9.17) is 5.11 Å². The lowest BCUT2D eigenvalue weighted by molar-refractivity contribution is -0.138. The molecule has 1 aliphatic heterocycles. The topological polar surface area (TPSA) is 69.6 Å². The molecule has 1 heterocycles. The van der Waals surface area contributed by atoms with Gasteiger partial charge in [-0.2, -0.15) is 0 Å². The van der Waals surface area contributed by atoms with Crippen LogP contribution >= 0.6 is 0 Å². The highest BCUT2D eigenvalue weighted by molar-refractivity contribution is 5.91. The summed E-state index contributed by atoms with van der Waals surface area (Å²) < 4.78 is 0. The zero-order valence-corrected chi connectivity index (χ0v) is 12.3. The second kappa shape index (κ2) is 7.11. The molecule has 0 bridgehead atoms. The number of hydrogen-bond acceptors (Lipinski definition) is 3. The first-order chi connectivity index (χ1) is 10.0. The van der Waals surface area contributed by atoms with Crippen LogP contribution in [0.5, 0.6) is 0 Å². The molecule has 5 nitrogen and oxygen atoms in total. The minimum Gasteiger partial charge on any atom is -0.481 e. The fourth-order valence-electron chi connectivity index (χ4n) is 2.63. The van der Waals surface area contributed by atoms with Gasteiger partial charge in [0.2, 0.25) is 5.91 Å². The molecule has 1 aliphatic rings. The third-order valence-electron chi connectivity index (χ3n) is 3.68. The number of hydrogen-bond donors (Lipinski definition) is 2. The Hall–Kier alpha value is -2.04. The van der Waals surface area contributed by atoms with Gasteiger partial charge >= 0.3 is 5.97 Å². The molecule has 0 saturated carbocycles. The van der Waals surface area contributed by atoms with Crippen LogP contribution in [0.4, 0.5) is 11.4 Å². The summed E-state index contributed by atoms with van der Waals surface area (Å²) in [4.78, 5) is 24.7. The van der Waals surface area contributed by atoms with Crippen molar-refractivity contribution in [3.63, 3.8) is 0 Å². The fourth-order valence-corrected chi connectivity index (χ4v) is 2.63. The highest BCUT2D eigenvalue weighted by atomic mass is 16.4. The van der Waals surface area contributed by atoms with Crippen LogP contribution in [0.3, 0.4) is 0 Å². The summed E-state index contributed by atoms with van der Waals surface area (Å²) >= 11 is 0. The maximum atomic E-state index is 11.8. The molecule has 0 aliphatic carbocycles. The zero-order chi connectivity index (χ0) is 15.2. The number of rotatable bonds is 6. The average Bonchev–Trinajstić information content (AvgIpc) is 2.92. The summed E-state index contributed by atoms with van der Waals surface area (Å²) in [5.41, 5.74) is 1.94. The van der Waals surface area contributed by atoms with Gasteiger partial charge in [0, 0.05) is 37.3 Å². The lowest BCUT2D eigenvalue weighted by Crippen LogP contribution is -2.18. The fraction of sp³-hybridized carbons (Fsp3) is 0.500. The monoisotopic (exact) mass is 290 g/mol. The molecule has 21 heavy (non-hydrogen) atoms. The van der Waals surface area contributed by atoms with E-state index in [0.29, 0.717) is 0 Å². The highest BCUT2D eigenvalue weighted by Gasteiger charge is 2.14. The van der Waals surface area contributed by atoms with Crippen LogP contribution in [0, 0.1) is 5.92 Å². The number of aliphatic carboxylic acids is 1. The van der Waals surface area contributed by atoms with E-state index in [-0.39, 0.29) is 24.7 Å². The minimum atomic E-state index is -0.870. The predicted octanol–water partition coefficient (Wildman–Crippen LogP) is 2.73. The number of carbonyl (C=O) groups is 2. The van der Waals surface area contributed by atoms with Crippen molar-refractivity contribution in [1.82, 2.24) is 0 Å². The van der Waals surface area contributed by atoms with Gasteiger partial charge in [-0.3, -0.25) is 9.59 Å². The van der Waals surface area contributed by atoms with Crippen molar-refractivity contribution >= 4 is 23.3 Å². The summed E-state index contributed by atoms with van der Waals surface area (Å²) in [6.07, 6.45) is 2.71. The van der Waals surface area contributed by atoms with Crippen LogP contribution in [0.1, 0.15) is 32.6 Å². The molecule has 1 unspecified atom stereocenters. The molecule has 1 amide bonds. The van der Waals surface area contributed by atoms with E-state index < -0.39 is 5.97 Å². The molecular formula is C16H22N2O3. The third-order valence-corrected chi connectivity index (χ3v) is 3.68. The van der Waals surface area contributed by atoms with Gasteiger partial charge in [0.15, 0.2) is 0 Å². The molecule has 0 radical (unpaired) electrons. The normalized spacial score (nSPS) is 15.8. The second-order valence-corrected chi connectivity index (χ2v) is 5.70. The van der Waals surface area contributed by atoms with Crippen molar-refractivity contribution in [2.24, 2.45) is 5.92 Å². The van der Waals surface area contributed by atoms with E-state index >= 15 is 0 Å². The molecule has 2 N–H and O–H groups in total. The van der Waals surface area contributed by atoms with E-state index in [2.05, 4.69) is 10.2 Å². The van der Waals surface area contributed by atoms with Crippen molar-refractivity contribution < 1.29 is 14.7 Å². The highest BCUT2D eigenvalue weighted by Crippen LogP contribution is 2.22. The largest absolute Gasteiger partial charge is 0.481 e. The van der Waals surface area contributed by atoms with Gasteiger partial charge in [-0.15, -0.1) is 0 Å². The lowest BCUT2D eigenvalue weighted by Gasteiger charge is -2.18. The van der Waals surface area contributed by atoms with Crippen molar-refractivity contribution in [2.75, 3.05) is 23.3 Å². The Bertz CT molecular complexity index is 493. The number of benzene rings is 1. The molecular weight excluding hydrogens is 268 g/mol. The second-order valence-electron chi connectivity index (χ2n) is 5.70. The number of nitrogens with zero attached hydrogens (tertiary/aromatic N) is 1. The number of amides is 1. The molecule has 0 aromatic heterocycles. The van der Waals surface area contributed by atoms with Gasteiger partial charge in [-0.05, 0) is 43.0 Å². The number of carboxylic acid groups (broad SMARTS) is 1. The maximum Gasteiger partial charge on any atom is 0.303 e. The van der Waals surface area contributed by atoms with Crippen molar-refractivity contribution in [2.45, 2.75) is 32.6 Å². The van der Waals surface area contributed by atoms with Gasteiger partial charge in [-0.1, -0.05) is 6.92 Å². The molecule has 0 spiro atoms. The van der Waals surface area contributed by atoms with E-state index in [1.54, 1.807) is 6.92 Å². The summed E-state index contributed by atoms with van der Waals surface area (Å²) in [7, 11) is 0. The average molecular weight is 290 g/mol. The van der Waals surface area contributed by atoms with Crippen LogP contribution in [0.2, 0.25) is 0 Å². The van der Waals surface area contributed by atoms with Gasteiger partial charge in [0.05, 0.1) is 0 Å². The van der Waals surface area contributed by atoms with Gasteiger partial charge in [-0.25, -0.2) is 0 Å². The molecule has 1 fully saturated rings. The van der Waals surface area contributed by atoms with E-state index in [1.165, 1.54) is 18.5 Å².